The third kappa shape index (κ3) is 4.43. The normalized spacial score (nSPS) is 10.6. The Bertz CT molecular complexity index is 1320. The van der Waals surface area contributed by atoms with Crippen LogP contribution in [-0.2, 0) is 4.79 Å². The van der Waals surface area contributed by atoms with Gasteiger partial charge in [-0.15, -0.1) is 0 Å². The second-order valence-electron chi connectivity index (χ2n) is 7.02. The van der Waals surface area contributed by atoms with Crippen molar-refractivity contribution in [2.45, 2.75) is 13.8 Å². The number of carbonyl (C=O) groups is 1. The van der Waals surface area contributed by atoms with Gasteiger partial charge in [-0.1, -0.05) is 18.2 Å². The third-order valence-electron chi connectivity index (χ3n) is 4.59. The molecule has 10 nitrogen and oxygen atoms in total. The van der Waals surface area contributed by atoms with E-state index in [1.54, 1.807) is 30.3 Å². The minimum Gasteiger partial charge on any atom is -0.334 e. The van der Waals surface area contributed by atoms with Crippen LogP contribution in [0.25, 0.3) is 10.9 Å². The number of nitrogens with one attached hydrogen (secondary N) is 3. The van der Waals surface area contributed by atoms with E-state index in [0.29, 0.717) is 22.6 Å². The first-order valence-corrected chi connectivity index (χ1v) is 9.68. The first-order chi connectivity index (χ1) is 15.4. The van der Waals surface area contributed by atoms with Crippen molar-refractivity contribution in [2.24, 2.45) is 0 Å². The van der Waals surface area contributed by atoms with Crippen LogP contribution in [0.4, 0.5) is 34.4 Å². The van der Waals surface area contributed by atoms with E-state index >= 15 is 0 Å². The highest BCUT2D eigenvalue weighted by Crippen LogP contribution is 2.34. The molecule has 160 valence electrons. The second-order valence-corrected chi connectivity index (χ2v) is 7.02. The van der Waals surface area contributed by atoms with Crippen LogP contribution in [0.15, 0.2) is 60.9 Å². The summed E-state index contributed by atoms with van der Waals surface area (Å²) in [5.41, 5.74) is 2.98. The van der Waals surface area contributed by atoms with E-state index in [9.17, 15) is 14.9 Å². The highest BCUT2D eigenvalue weighted by molar-refractivity contribution is 5.93. The van der Waals surface area contributed by atoms with E-state index < -0.39 is 4.92 Å². The number of rotatable bonds is 6. The van der Waals surface area contributed by atoms with Crippen molar-refractivity contribution in [3.8, 4) is 0 Å². The summed E-state index contributed by atoms with van der Waals surface area (Å²) in [5, 5.41) is 21.4. The van der Waals surface area contributed by atoms with Crippen LogP contribution in [0.5, 0.6) is 0 Å². The Hall–Kier alpha value is -4.60. The lowest BCUT2D eigenvalue weighted by molar-refractivity contribution is -0.383. The van der Waals surface area contributed by atoms with Gasteiger partial charge in [0.25, 0.3) is 0 Å². The van der Waals surface area contributed by atoms with Gasteiger partial charge >= 0.3 is 5.69 Å². The molecule has 10 heteroatoms. The summed E-state index contributed by atoms with van der Waals surface area (Å²) < 4.78 is 0. The summed E-state index contributed by atoms with van der Waals surface area (Å²) in [4.78, 5) is 35.2. The van der Waals surface area contributed by atoms with Crippen molar-refractivity contribution >= 4 is 51.2 Å². The Labute approximate surface area is 182 Å². The molecule has 2 aromatic carbocycles. The predicted octanol–water partition coefficient (Wildman–Crippen LogP) is 4.69. The SMILES string of the molecule is CC(=O)Nc1ccc(Nc2ncnc(Nc3cccc4ccc(C)nc34)c2[N+](=O)[O-])cc1. The number of benzene rings is 2. The molecular weight excluding hydrogens is 410 g/mol. The van der Waals surface area contributed by atoms with Crippen molar-refractivity contribution in [3.05, 3.63) is 76.7 Å². The van der Waals surface area contributed by atoms with E-state index in [2.05, 4.69) is 30.9 Å². The number of hydrogen-bond donors (Lipinski definition) is 3. The molecule has 0 fully saturated rings. The zero-order valence-electron chi connectivity index (χ0n) is 17.3. The molecule has 0 aliphatic heterocycles. The van der Waals surface area contributed by atoms with Crippen molar-refractivity contribution in [2.75, 3.05) is 16.0 Å². The Balaban J connectivity index is 1.68. The molecule has 0 saturated carbocycles. The molecule has 0 unspecified atom stereocenters. The number of pyridine rings is 1. The predicted molar refractivity (Wildman–Crippen MR) is 122 cm³/mol. The smallest absolute Gasteiger partial charge is 0.334 e. The minimum absolute atomic E-state index is 0.0316. The maximum absolute atomic E-state index is 11.9. The van der Waals surface area contributed by atoms with E-state index in [4.69, 9.17) is 0 Å². The average Bonchev–Trinajstić information content (AvgIpc) is 2.75. The lowest BCUT2D eigenvalue weighted by Crippen LogP contribution is -2.07. The second kappa shape index (κ2) is 8.64. The van der Waals surface area contributed by atoms with Crippen molar-refractivity contribution < 1.29 is 9.72 Å². The van der Waals surface area contributed by atoms with Gasteiger partial charge in [0.2, 0.25) is 17.5 Å². The van der Waals surface area contributed by atoms with Gasteiger partial charge in [-0.05, 0) is 43.3 Å². The lowest BCUT2D eigenvalue weighted by atomic mass is 10.1. The molecule has 1 amide bonds. The molecule has 4 rings (SSSR count). The van der Waals surface area contributed by atoms with Crippen LogP contribution in [0, 0.1) is 17.0 Å². The molecule has 3 N–H and O–H groups in total. The number of carbonyl (C=O) groups excluding carboxylic acids is 1. The largest absolute Gasteiger partial charge is 0.353 e. The zero-order valence-corrected chi connectivity index (χ0v) is 17.3. The number of nitrogens with zero attached hydrogens (tertiary/aromatic N) is 4. The number of aromatic nitrogens is 3. The molecular formula is C22H19N7O3. The number of fused-ring (bicyclic) bond motifs is 1. The van der Waals surface area contributed by atoms with E-state index in [0.717, 1.165) is 11.1 Å². The minimum atomic E-state index is -0.542. The summed E-state index contributed by atoms with van der Waals surface area (Å²) in [7, 11) is 0. The topological polar surface area (TPSA) is 135 Å². The molecule has 0 aliphatic rings. The summed E-state index contributed by atoms with van der Waals surface area (Å²) in [6, 6.07) is 16.1. The van der Waals surface area contributed by atoms with Gasteiger partial charge in [-0.2, -0.15) is 0 Å². The number of nitro groups is 1. The number of amides is 1. The molecule has 0 bridgehead atoms. The third-order valence-corrected chi connectivity index (χ3v) is 4.59. The average molecular weight is 429 g/mol. The number of anilines is 5. The highest BCUT2D eigenvalue weighted by atomic mass is 16.6. The van der Waals surface area contributed by atoms with Gasteiger partial charge in [0.1, 0.15) is 6.33 Å². The first-order valence-electron chi connectivity index (χ1n) is 9.68. The summed E-state index contributed by atoms with van der Waals surface area (Å²) >= 11 is 0. The zero-order chi connectivity index (χ0) is 22.7. The Kier molecular flexibility index (Phi) is 5.58. The first kappa shape index (κ1) is 20.7. The maximum atomic E-state index is 11.9. The van der Waals surface area contributed by atoms with Gasteiger partial charge in [-0.25, -0.2) is 9.97 Å². The van der Waals surface area contributed by atoms with Crippen LogP contribution in [0.1, 0.15) is 12.6 Å². The molecule has 2 aromatic heterocycles. The Morgan fingerprint density at radius 3 is 2.31 bits per heavy atom. The maximum Gasteiger partial charge on any atom is 0.353 e. The summed E-state index contributed by atoms with van der Waals surface area (Å²) in [5.74, 6) is -0.117. The number of para-hydroxylation sites is 1. The van der Waals surface area contributed by atoms with Crippen LogP contribution >= 0.6 is 0 Å². The van der Waals surface area contributed by atoms with Crippen LogP contribution < -0.4 is 16.0 Å². The van der Waals surface area contributed by atoms with E-state index in [1.807, 2.05) is 31.2 Å². The van der Waals surface area contributed by atoms with Crippen molar-refractivity contribution in [3.63, 3.8) is 0 Å². The fourth-order valence-electron chi connectivity index (χ4n) is 3.18. The van der Waals surface area contributed by atoms with Gasteiger partial charge < -0.3 is 16.0 Å². The molecule has 0 radical (unpaired) electrons. The molecule has 2 heterocycles. The summed E-state index contributed by atoms with van der Waals surface area (Å²) in [6.45, 7) is 3.29. The number of hydrogen-bond acceptors (Lipinski definition) is 8. The molecule has 0 saturated heterocycles. The van der Waals surface area contributed by atoms with Gasteiger partial charge in [-0.3, -0.25) is 19.9 Å². The van der Waals surface area contributed by atoms with Gasteiger partial charge in [0, 0.05) is 29.4 Å². The summed E-state index contributed by atoms with van der Waals surface area (Å²) in [6.07, 6.45) is 1.24. The number of aryl methyl sites for hydroxylation is 1. The van der Waals surface area contributed by atoms with Crippen molar-refractivity contribution in [1.29, 1.82) is 0 Å². The fraction of sp³-hybridized carbons (Fsp3) is 0.0909. The molecule has 32 heavy (non-hydrogen) atoms. The fourth-order valence-corrected chi connectivity index (χ4v) is 3.18. The van der Waals surface area contributed by atoms with Crippen molar-refractivity contribution in [1.82, 2.24) is 15.0 Å². The van der Waals surface area contributed by atoms with E-state index in [1.165, 1.54) is 13.3 Å². The molecule has 0 aliphatic carbocycles. The Morgan fingerprint density at radius 1 is 0.938 bits per heavy atom. The van der Waals surface area contributed by atoms with Crippen LogP contribution in [0.2, 0.25) is 0 Å². The van der Waals surface area contributed by atoms with Crippen LogP contribution in [-0.4, -0.2) is 25.8 Å². The lowest BCUT2D eigenvalue weighted by Gasteiger charge is -2.12. The molecule has 0 spiro atoms. The van der Waals surface area contributed by atoms with Crippen LogP contribution in [0.3, 0.4) is 0 Å². The molecule has 4 aromatic rings. The van der Waals surface area contributed by atoms with E-state index in [-0.39, 0.29) is 23.2 Å². The Morgan fingerprint density at radius 2 is 1.62 bits per heavy atom. The van der Waals surface area contributed by atoms with Gasteiger partial charge in [0.15, 0.2) is 0 Å². The molecule has 0 atom stereocenters. The highest BCUT2D eigenvalue weighted by Gasteiger charge is 2.24. The standard InChI is InChI=1S/C22H19N7O3/c1-13-6-7-15-4-3-5-18(19(15)25-13)28-22-20(29(31)32)21(23-12-24-22)27-17-10-8-16(9-11-17)26-14(2)30/h3-12H,1-2H3,(H,26,30)(H2,23,24,27,28). The monoisotopic (exact) mass is 429 g/mol. The van der Waals surface area contributed by atoms with Gasteiger partial charge in [0.05, 0.1) is 16.1 Å². The quantitative estimate of drug-likeness (QED) is 0.297.